The molecule has 0 unspecified atom stereocenters. The molecule has 0 radical (unpaired) electrons. The van der Waals surface area contributed by atoms with Gasteiger partial charge < -0.3 is 19.5 Å². The summed E-state index contributed by atoms with van der Waals surface area (Å²) in [5, 5.41) is 6.32. The van der Waals surface area contributed by atoms with Gasteiger partial charge in [0.15, 0.2) is 10.2 Å². The molecule has 2 fully saturated rings. The normalized spacial score (nSPS) is 19.9. The first-order valence-corrected chi connectivity index (χ1v) is 15.0. The first kappa shape index (κ1) is 26.5. The number of benzene rings is 2. The largest absolute Gasteiger partial charge is 0.452 e. The molecule has 2 atom stereocenters. The van der Waals surface area contributed by atoms with E-state index in [1.165, 1.54) is 12.8 Å². The number of rotatable bonds is 6. The van der Waals surface area contributed by atoms with Crippen LogP contribution >= 0.6 is 47.2 Å². The lowest BCUT2D eigenvalue weighted by Gasteiger charge is -2.33. The Bertz CT molecular complexity index is 1460. The highest BCUT2D eigenvalue weighted by Gasteiger charge is 2.42. The van der Waals surface area contributed by atoms with Crippen molar-refractivity contribution >= 4 is 63.7 Å². The van der Waals surface area contributed by atoms with Crippen LogP contribution in [-0.4, -0.2) is 23.2 Å². The number of pyridine rings is 1. The van der Waals surface area contributed by atoms with E-state index in [-0.39, 0.29) is 12.1 Å². The minimum Gasteiger partial charge on any atom is -0.452 e. The van der Waals surface area contributed by atoms with Crippen molar-refractivity contribution in [1.82, 2.24) is 10.3 Å². The van der Waals surface area contributed by atoms with E-state index >= 15 is 0 Å². The fourth-order valence-corrected chi connectivity index (χ4v) is 6.79. The smallest absolute Gasteiger partial charge is 0.174 e. The van der Waals surface area contributed by atoms with Crippen molar-refractivity contribution in [3.63, 3.8) is 0 Å². The number of hydrogen-bond donors (Lipinski definition) is 1. The van der Waals surface area contributed by atoms with Gasteiger partial charge in [0.1, 0.15) is 11.8 Å². The Labute approximate surface area is 248 Å². The zero-order chi connectivity index (χ0) is 26.9. The van der Waals surface area contributed by atoms with Crippen molar-refractivity contribution in [2.24, 2.45) is 5.92 Å². The van der Waals surface area contributed by atoms with Crippen LogP contribution in [0.15, 0.2) is 93.4 Å². The van der Waals surface area contributed by atoms with Crippen LogP contribution in [0.3, 0.4) is 0 Å². The molecule has 2 aliphatic rings. The SMILES string of the molecule is CC1CCN(c2ccc(N3C(=S)N[C@H](c4ccccn4)[C@@H]3c3ccc(Sc4ccc(Cl)cc4)o3)cc2Cl)CC1. The Kier molecular flexibility index (Phi) is 7.76. The first-order valence-electron chi connectivity index (χ1n) is 13.0. The molecule has 0 bridgehead atoms. The Morgan fingerprint density at radius 3 is 2.51 bits per heavy atom. The zero-order valence-corrected chi connectivity index (χ0v) is 24.5. The summed E-state index contributed by atoms with van der Waals surface area (Å²) in [7, 11) is 0. The summed E-state index contributed by atoms with van der Waals surface area (Å²) in [5.74, 6) is 1.55. The minimum atomic E-state index is -0.246. The molecule has 0 amide bonds. The molecule has 1 N–H and O–H groups in total. The maximum Gasteiger partial charge on any atom is 0.174 e. The number of piperidine rings is 1. The van der Waals surface area contributed by atoms with E-state index in [0.717, 1.165) is 56.8 Å². The molecule has 4 heterocycles. The monoisotopic (exact) mass is 594 g/mol. The topological polar surface area (TPSA) is 44.5 Å². The van der Waals surface area contributed by atoms with Crippen LogP contribution in [-0.2, 0) is 0 Å². The molecule has 39 heavy (non-hydrogen) atoms. The summed E-state index contributed by atoms with van der Waals surface area (Å²) in [6.07, 6.45) is 4.16. The standard InChI is InChI=1S/C30H28Cl2N4OS2/c1-19-13-16-35(17-14-19)25-10-7-21(18-23(25)32)36-29(28(34-30(36)38)24-4-2-3-15-33-24)26-11-12-27(37-26)39-22-8-5-20(31)6-9-22/h2-12,15,18-19,28-29H,13-14,16-17H2,1H3,(H,34,38)/t28-,29+/m1/s1. The highest BCUT2D eigenvalue weighted by molar-refractivity contribution is 7.99. The number of furan rings is 1. The molecule has 2 aromatic heterocycles. The molecule has 0 spiro atoms. The second kappa shape index (κ2) is 11.4. The average Bonchev–Trinajstić information content (AvgIpc) is 3.55. The van der Waals surface area contributed by atoms with Gasteiger partial charge in [0.2, 0.25) is 0 Å². The van der Waals surface area contributed by atoms with Crippen LogP contribution in [0.4, 0.5) is 11.4 Å². The van der Waals surface area contributed by atoms with E-state index in [4.69, 9.17) is 39.8 Å². The summed E-state index contributed by atoms with van der Waals surface area (Å²) >= 11 is 20.4. The lowest BCUT2D eigenvalue weighted by Crippen LogP contribution is -2.33. The second-order valence-electron chi connectivity index (χ2n) is 10.0. The molecule has 2 saturated heterocycles. The molecular weight excluding hydrogens is 567 g/mol. The number of aromatic nitrogens is 1. The van der Waals surface area contributed by atoms with Crippen molar-refractivity contribution in [2.75, 3.05) is 22.9 Å². The predicted octanol–water partition coefficient (Wildman–Crippen LogP) is 8.55. The van der Waals surface area contributed by atoms with Gasteiger partial charge in [-0.3, -0.25) is 4.98 Å². The zero-order valence-electron chi connectivity index (χ0n) is 21.4. The predicted molar refractivity (Wildman–Crippen MR) is 164 cm³/mol. The van der Waals surface area contributed by atoms with Gasteiger partial charge in [-0.05, 0) is 97.7 Å². The van der Waals surface area contributed by atoms with Gasteiger partial charge in [0.05, 0.1) is 22.4 Å². The van der Waals surface area contributed by atoms with Crippen LogP contribution in [0.5, 0.6) is 0 Å². The van der Waals surface area contributed by atoms with E-state index in [2.05, 4.69) is 39.2 Å². The third-order valence-electron chi connectivity index (χ3n) is 7.36. The lowest BCUT2D eigenvalue weighted by atomic mass is 9.98. The fourth-order valence-electron chi connectivity index (χ4n) is 5.24. The summed E-state index contributed by atoms with van der Waals surface area (Å²) in [5.41, 5.74) is 2.88. The number of nitrogens with zero attached hydrogens (tertiary/aromatic N) is 3. The van der Waals surface area contributed by atoms with Crippen molar-refractivity contribution in [3.8, 4) is 0 Å². The molecule has 4 aromatic rings. The van der Waals surface area contributed by atoms with Crippen LogP contribution in [0.25, 0.3) is 0 Å². The molecule has 2 aromatic carbocycles. The first-order chi connectivity index (χ1) is 19.0. The average molecular weight is 596 g/mol. The highest BCUT2D eigenvalue weighted by Crippen LogP contribution is 2.45. The van der Waals surface area contributed by atoms with Crippen LogP contribution in [0.1, 0.15) is 43.3 Å². The fraction of sp³-hybridized carbons (Fsp3) is 0.267. The lowest BCUT2D eigenvalue weighted by molar-refractivity contribution is 0.383. The maximum absolute atomic E-state index is 6.90. The quantitative estimate of drug-likeness (QED) is 0.224. The van der Waals surface area contributed by atoms with Crippen LogP contribution in [0.2, 0.25) is 10.0 Å². The third-order valence-corrected chi connectivity index (χ3v) is 9.16. The Hall–Kier alpha value is -2.71. The third kappa shape index (κ3) is 5.64. The summed E-state index contributed by atoms with van der Waals surface area (Å²) in [6, 6.07) is 23.5. The molecule has 2 aliphatic heterocycles. The van der Waals surface area contributed by atoms with Gasteiger partial charge in [0.25, 0.3) is 0 Å². The van der Waals surface area contributed by atoms with Gasteiger partial charge in [0, 0.05) is 34.9 Å². The Morgan fingerprint density at radius 1 is 1.00 bits per heavy atom. The summed E-state index contributed by atoms with van der Waals surface area (Å²) < 4.78 is 6.43. The molecular formula is C30H28Cl2N4OS2. The molecule has 200 valence electrons. The molecule has 0 saturated carbocycles. The van der Waals surface area contributed by atoms with E-state index < -0.39 is 0 Å². The minimum absolute atomic E-state index is 0.194. The van der Waals surface area contributed by atoms with Gasteiger partial charge in [-0.15, -0.1) is 0 Å². The number of anilines is 2. The van der Waals surface area contributed by atoms with Gasteiger partial charge in [-0.1, -0.05) is 48.0 Å². The van der Waals surface area contributed by atoms with E-state index in [1.807, 2.05) is 60.7 Å². The van der Waals surface area contributed by atoms with Crippen molar-refractivity contribution < 1.29 is 4.42 Å². The summed E-state index contributed by atoms with van der Waals surface area (Å²) in [4.78, 5) is 10.2. The molecule has 9 heteroatoms. The molecule has 6 rings (SSSR count). The Balaban J connectivity index is 1.33. The van der Waals surface area contributed by atoms with Gasteiger partial charge in [-0.2, -0.15) is 0 Å². The number of nitrogens with one attached hydrogen (secondary N) is 1. The molecule has 5 nitrogen and oxygen atoms in total. The van der Waals surface area contributed by atoms with Crippen molar-refractivity contribution in [1.29, 1.82) is 0 Å². The second-order valence-corrected chi connectivity index (χ2v) is 12.3. The summed E-state index contributed by atoms with van der Waals surface area (Å²) in [6.45, 7) is 4.36. The van der Waals surface area contributed by atoms with Crippen molar-refractivity contribution in [2.45, 2.75) is 41.8 Å². The maximum atomic E-state index is 6.90. The van der Waals surface area contributed by atoms with Gasteiger partial charge >= 0.3 is 0 Å². The molecule has 0 aliphatic carbocycles. The Morgan fingerprint density at radius 2 is 1.79 bits per heavy atom. The van der Waals surface area contributed by atoms with Crippen LogP contribution < -0.4 is 15.1 Å². The van der Waals surface area contributed by atoms with E-state index in [9.17, 15) is 0 Å². The number of thiocarbonyl (C=S) groups is 1. The van der Waals surface area contributed by atoms with E-state index in [0.29, 0.717) is 10.1 Å². The highest BCUT2D eigenvalue weighted by atomic mass is 35.5. The van der Waals surface area contributed by atoms with Crippen molar-refractivity contribution in [3.05, 3.63) is 100 Å². The van der Waals surface area contributed by atoms with E-state index in [1.54, 1.807) is 18.0 Å². The number of halogens is 2. The van der Waals surface area contributed by atoms with Gasteiger partial charge in [-0.25, -0.2) is 0 Å². The van der Waals surface area contributed by atoms with Crippen LogP contribution in [0, 0.1) is 5.92 Å². The number of hydrogen-bond acceptors (Lipinski definition) is 5.